The first-order chi connectivity index (χ1) is 23.6. The van der Waals surface area contributed by atoms with E-state index in [-0.39, 0.29) is 49.1 Å². The molecule has 0 aliphatic heterocycles. The molecule has 0 heterocycles. The Morgan fingerprint density at radius 3 is 1.55 bits per heavy atom. The van der Waals surface area contributed by atoms with Crippen LogP contribution >= 0.6 is 0 Å². The number of ether oxygens (including phenoxy) is 3. The molecule has 0 aliphatic carbocycles. The molecule has 2 unspecified atom stereocenters. The van der Waals surface area contributed by atoms with Crippen LogP contribution in [0, 0.1) is 0 Å². The van der Waals surface area contributed by atoms with Crippen molar-refractivity contribution >= 4 is 17.9 Å². The maximum atomic E-state index is 12.5. The minimum Gasteiger partial charge on any atom is -0.544 e. The third-order valence-corrected chi connectivity index (χ3v) is 9.17. The Bertz CT molecular complexity index is 823. The van der Waals surface area contributed by atoms with Gasteiger partial charge in [0.05, 0.1) is 40.3 Å². The van der Waals surface area contributed by atoms with Crippen LogP contribution in [-0.4, -0.2) is 75.5 Å². The van der Waals surface area contributed by atoms with Gasteiger partial charge in [-0.05, 0) is 25.7 Å². The molecule has 0 radical (unpaired) electrons. The van der Waals surface area contributed by atoms with Crippen molar-refractivity contribution in [2.75, 3.05) is 41.0 Å². The normalized spacial score (nSPS) is 13.1. The Morgan fingerprint density at radius 1 is 0.592 bits per heavy atom. The summed E-state index contributed by atoms with van der Waals surface area (Å²) in [5, 5.41) is 11.6. The number of likely N-dealkylation sites (N-methyl/N-ethyl adjacent to an activating group) is 1. The Kier molecular flexibility index (Phi) is 31.9. The predicted octanol–water partition coefficient (Wildman–Crippen LogP) is 9.02. The van der Waals surface area contributed by atoms with Gasteiger partial charge in [0.25, 0.3) is 0 Å². The molecule has 49 heavy (non-hydrogen) atoms. The van der Waals surface area contributed by atoms with E-state index >= 15 is 0 Å². The number of carboxylic acids is 1. The molecule has 0 aromatic heterocycles. The molecular formula is C41H77NO7. The van der Waals surface area contributed by atoms with E-state index in [1.165, 1.54) is 109 Å². The zero-order valence-corrected chi connectivity index (χ0v) is 32.6. The minimum atomic E-state index is -1.13. The molecule has 0 aliphatic rings. The molecule has 0 aromatic carbocycles. The monoisotopic (exact) mass is 696 g/mol. The van der Waals surface area contributed by atoms with Crippen molar-refractivity contribution in [1.82, 2.24) is 0 Å². The second kappa shape index (κ2) is 33.2. The van der Waals surface area contributed by atoms with Crippen LogP contribution in [-0.2, 0) is 28.6 Å². The van der Waals surface area contributed by atoms with Gasteiger partial charge in [0, 0.05) is 19.3 Å². The van der Waals surface area contributed by atoms with Crippen molar-refractivity contribution in [2.45, 2.75) is 193 Å². The summed E-state index contributed by atoms with van der Waals surface area (Å²) in [4.78, 5) is 36.5. The number of allylic oxidation sites excluding steroid dienone is 2. The number of aliphatic carboxylic acids is 1. The fourth-order valence-electron chi connectivity index (χ4n) is 5.97. The van der Waals surface area contributed by atoms with Gasteiger partial charge in [-0.1, -0.05) is 148 Å². The number of esters is 2. The number of unbranched alkanes of at least 4 members (excludes halogenated alkanes) is 20. The van der Waals surface area contributed by atoms with Gasteiger partial charge in [0.2, 0.25) is 0 Å². The predicted molar refractivity (Wildman–Crippen MR) is 199 cm³/mol. The summed E-state index contributed by atoms with van der Waals surface area (Å²) in [6.45, 7) is 4.58. The molecule has 0 spiro atoms. The molecule has 0 N–H and O–H groups in total. The number of hydrogen-bond acceptors (Lipinski definition) is 7. The molecule has 0 saturated carbocycles. The molecule has 0 rings (SSSR count). The molecule has 288 valence electrons. The number of rotatable bonds is 36. The van der Waals surface area contributed by atoms with Crippen LogP contribution in [0.3, 0.4) is 0 Å². The van der Waals surface area contributed by atoms with Crippen LogP contribution in [0.25, 0.3) is 0 Å². The summed E-state index contributed by atoms with van der Waals surface area (Å²) < 4.78 is 17.0. The number of quaternary nitrogens is 1. The number of carboxylic acid groups (broad SMARTS) is 1. The van der Waals surface area contributed by atoms with E-state index in [0.29, 0.717) is 12.8 Å². The van der Waals surface area contributed by atoms with Gasteiger partial charge in [-0.25, -0.2) is 0 Å². The molecular weight excluding hydrogens is 618 g/mol. The first-order valence-electron chi connectivity index (χ1n) is 20.2. The summed E-state index contributed by atoms with van der Waals surface area (Å²) >= 11 is 0. The van der Waals surface area contributed by atoms with Crippen molar-refractivity contribution in [3.8, 4) is 0 Å². The second-order valence-corrected chi connectivity index (χ2v) is 14.9. The summed E-state index contributed by atoms with van der Waals surface area (Å²) in [5.74, 6) is -1.79. The summed E-state index contributed by atoms with van der Waals surface area (Å²) in [6.07, 6.45) is 32.6. The lowest BCUT2D eigenvalue weighted by molar-refractivity contribution is -0.889. The van der Waals surface area contributed by atoms with E-state index in [4.69, 9.17) is 14.2 Å². The number of nitrogens with zero attached hydrogens (tertiary/aromatic N) is 1. The average Bonchev–Trinajstić information content (AvgIpc) is 3.05. The van der Waals surface area contributed by atoms with Crippen molar-refractivity contribution < 1.29 is 38.2 Å². The van der Waals surface area contributed by atoms with Crippen LogP contribution in [0.15, 0.2) is 12.2 Å². The Morgan fingerprint density at radius 2 is 1.06 bits per heavy atom. The summed E-state index contributed by atoms with van der Waals surface area (Å²) in [5.41, 5.74) is 0. The average molecular weight is 696 g/mol. The molecule has 8 heteroatoms. The molecule has 0 fully saturated rings. The van der Waals surface area contributed by atoms with Gasteiger partial charge < -0.3 is 28.6 Å². The molecule has 0 saturated heterocycles. The van der Waals surface area contributed by atoms with Gasteiger partial charge in [-0.15, -0.1) is 0 Å². The SMILES string of the molecule is CCCCCC/C=C/CCC(=O)OC(COCCC(C(=O)[O-])[N+](C)(C)C)COC(=O)CCCCCCCCCCCCCCCCCCC. The highest BCUT2D eigenvalue weighted by Gasteiger charge is 2.25. The Labute approximate surface area is 301 Å². The zero-order chi connectivity index (χ0) is 36.4. The highest BCUT2D eigenvalue weighted by atomic mass is 16.6. The second-order valence-electron chi connectivity index (χ2n) is 14.9. The standard InChI is InChI=1S/C41H77NO7/c1-6-8-10-12-14-16-17-18-19-20-21-22-23-24-26-27-29-31-39(43)48-36-37(35-47-34-33-38(41(45)46)42(3,4)5)49-40(44)32-30-28-25-15-13-11-9-7-2/h25,28,37-38H,6-24,26-27,29-36H2,1-5H3/b28-25+. The first kappa shape index (κ1) is 47.1. The quantitative estimate of drug-likeness (QED) is 0.0279. The largest absolute Gasteiger partial charge is 0.544 e. The first-order valence-corrected chi connectivity index (χ1v) is 20.2. The smallest absolute Gasteiger partial charge is 0.306 e. The highest BCUT2D eigenvalue weighted by molar-refractivity contribution is 5.70. The lowest BCUT2D eigenvalue weighted by Gasteiger charge is -2.34. The molecule has 0 bridgehead atoms. The lowest BCUT2D eigenvalue weighted by Crippen LogP contribution is -2.55. The topological polar surface area (TPSA) is 102 Å². The third kappa shape index (κ3) is 31.8. The summed E-state index contributed by atoms with van der Waals surface area (Å²) in [7, 11) is 5.39. The minimum absolute atomic E-state index is 0.0301. The Balaban J connectivity index is 4.27. The third-order valence-electron chi connectivity index (χ3n) is 9.17. The van der Waals surface area contributed by atoms with Crippen LogP contribution in [0.4, 0.5) is 0 Å². The molecule has 0 amide bonds. The number of hydrogen-bond donors (Lipinski definition) is 0. The Hall–Kier alpha value is -1.93. The molecule has 0 aromatic rings. The van der Waals surface area contributed by atoms with Crippen molar-refractivity contribution in [1.29, 1.82) is 0 Å². The van der Waals surface area contributed by atoms with E-state index < -0.39 is 18.1 Å². The van der Waals surface area contributed by atoms with E-state index in [2.05, 4.69) is 19.9 Å². The van der Waals surface area contributed by atoms with Crippen LogP contribution < -0.4 is 5.11 Å². The summed E-state index contributed by atoms with van der Waals surface area (Å²) in [6, 6.07) is -0.725. The lowest BCUT2D eigenvalue weighted by atomic mass is 10.0. The number of carbonyl (C=O) groups excluding carboxylic acids is 3. The van der Waals surface area contributed by atoms with E-state index in [1.807, 2.05) is 6.08 Å². The van der Waals surface area contributed by atoms with Crippen molar-refractivity contribution in [3.63, 3.8) is 0 Å². The van der Waals surface area contributed by atoms with Crippen LogP contribution in [0.5, 0.6) is 0 Å². The maximum Gasteiger partial charge on any atom is 0.306 e. The highest BCUT2D eigenvalue weighted by Crippen LogP contribution is 2.15. The van der Waals surface area contributed by atoms with Crippen LogP contribution in [0.1, 0.15) is 181 Å². The van der Waals surface area contributed by atoms with Gasteiger partial charge in [0.1, 0.15) is 12.6 Å². The van der Waals surface area contributed by atoms with Crippen molar-refractivity contribution in [3.05, 3.63) is 12.2 Å². The molecule has 8 nitrogen and oxygen atoms in total. The van der Waals surface area contributed by atoms with Gasteiger partial charge in [-0.3, -0.25) is 9.59 Å². The van der Waals surface area contributed by atoms with Gasteiger partial charge in [-0.2, -0.15) is 0 Å². The fraction of sp³-hybridized carbons (Fsp3) is 0.878. The van der Waals surface area contributed by atoms with E-state index in [0.717, 1.165) is 32.1 Å². The van der Waals surface area contributed by atoms with E-state index in [9.17, 15) is 19.5 Å². The zero-order valence-electron chi connectivity index (χ0n) is 32.6. The van der Waals surface area contributed by atoms with Crippen molar-refractivity contribution in [2.24, 2.45) is 0 Å². The van der Waals surface area contributed by atoms with Gasteiger partial charge >= 0.3 is 11.9 Å². The fourth-order valence-corrected chi connectivity index (χ4v) is 5.97. The van der Waals surface area contributed by atoms with Gasteiger partial charge in [0.15, 0.2) is 6.10 Å². The van der Waals surface area contributed by atoms with E-state index in [1.54, 1.807) is 21.1 Å². The maximum absolute atomic E-state index is 12.5. The van der Waals surface area contributed by atoms with Crippen LogP contribution in [0.2, 0.25) is 0 Å². The number of carbonyl (C=O) groups is 3. The molecule has 2 atom stereocenters.